The molecule has 0 aliphatic rings. The summed E-state index contributed by atoms with van der Waals surface area (Å²) in [7, 11) is 0. The van der Waals surface area contributed by atoms with Crippen LogP contribution in [-0.2, 0) is 4.79 Å². The van der Waals surface area contributed by atoms with Gasteiger partial charge in [-0.15, -0.1) is 11.3 Å². The van der Waals surface area contributed by atoms with Crippen molar-refractivity contribution in [1.29, 1.82) is 0 Å². The highest BCUT2D eigenvalue weighted by molar-refractivity contribution is 7.14. The van der Waals surface area contributed by atoms with Crippen LogP contribution in [0.5, 0.6) is 0 Å². The van der Waals surface area contributed by atoms with Crippen LogP contribution in [-0.4, -0.2) is 47.4 Å². The molecule has 2 amide bonds. The Bertz CT molecular complexity index is 457. The van der Waals surface area contributed by atoms with E-state index in [9.17, 15) is 9.59 Å². The van der Waals surface area contributed by atoms with Gasteiger partial charge in [0.25, 0.3) is 5.91 Å². The number of nitrogens with zero attached hydrogens (tertiary/aromatic N) is 2. The highest BCUT2D eigenvalue weighted by Crippen LogP contribution is 2.15. The molecule has 0 saturated carbocycles. The maximum atomic E-state index is 11.9. The fourth-order valence-corrected chi connectivity index (χ4v) is 2.63. The number of rotatable bonds is 7. The lowest BCUT2D eigenvalue weighted by Crippen LogP contribution is -2.42. The van der Waals surface area contributed by atoms with E-state index in [1.165, 1.54) is 18.3 Å². The maximum Gasteiger partial charge on any atom is 0.270 e. The Labute approximate surface area is 123 Å². The third kappa shape index (κ3) is 4.90. The van der Waals surface area contributed by atoms with Crippen molar-refractivity contribution in [3.05, 3.63) is 11.1 Å². The maximum absolute atomic E-state index is 11.9. The smallest absolute Gasteiger partial charge is 0.270 e. The van der Waals surface area contributed by atoms with Crippen molar-refractivity contribution in [3.63, 3.8) is 0 Å². The van der Waals surface area contributed by atoms with E-state index in [1.807, 2.05) is 0 Å². The van der Waals surface area contributed by atoms with Crippen LogP contribution >= 0.6 is 11.3 Å². The highest BCUT2D eigenvalue weighted by atomic mass is 32.1. The molecule has 0 saturated heterocycles. The summed E-state index contributed by atoms with van der Waals surface area (Å²) in [4.78, 5) is 29.2. The fraction of sp³-hybridized carbons (Fsp3) is 0.615. The fourth-order valence-electron chi connectivity index (χ4n) is 1.89. The first-order valence-electron chi connectivity index (χ1n) is 6.73. The highest BCUT2D eigenvalue weighted by Gasteiger charge is 2.14. The van der Waals surface area contributed by atoms with E-state index in [2.05, 4.69) is 41.3 Å². The van der Waals surface area contributed by atoms with Gasteiger partial charge in [0.2, 0.25) is 5.91 Å². The van der Waals surface area contributed by atoms with Crippen LogP contribution in [0.3, 0.4) is 0 Å². The van der Waals surface area contributed by atoms with Gasteiger partial charge in [0.05, 0.1) is 0 Å². The zero-order chi connectivity index (χ0) is 15.1. The third-order valence-corrected chi connectivity index (χ3v) is 3.77. The number of thiazole rings is 1. The zero-order valence-electron chi connectivity index (χ0n) is 12.4. The Kier molecular flexibility index (Phi) is 6.60. The molecule has 112 valence electrons. The molecule has 0 aliphatic carbocycles. The molecule has 6 nitrogen and oxygen atoms in total. The third-order valence-electron chi connectivity index (χ3n) is 3.01. The number of nitrogens with one attached hydrogen (secondary N) is 2. The van der Waals surface area contributed by atoms with E-state index in [-0.39, 0.29) is 17.9 Å². The number of hydrogen-bond donors (Lipinski definition) is 2. The molecule has 0 fully saturated rings. The lowest BCUT2D eigenvalue weighted by Gasteiger charge is -2.26. The minimum atomic E-state index is -0.211. The molecular formula is C13H22N4O2S. The summed E-state index contributed by atoms with van der Waals surface area (Å²) in [5, 5.41) is 7.51. The van der Waals surface area contributed by atoms with Crippen molar-refractivity contribution < 1.29 is 9.59 Å². The molecule has 0 aromatic carbocycles. The van der Waals surface area contributed by atoms with E-state index in [1.54, 1.807) is 5.38 Å². The molecular weight excluding hydrogens is 276 g/mol. The standard InChI is InChI=1S/C13H22N4O2S/c1-5-17(6-2)9(3)7-14-12(19)11-8-20-13(16-11)15-10(4)18/h8-9H,5-7H2,1-4H3,(H,14,19)(H,15,16,18)/t9-/m0/s1. The van der Waals surface area contributed by atoms with Crippen LogP contribution < -0.4 is 10.6 Å². The van der Waals surface area contributed by atoms with Crippen molar-refractivity contribution in [3.8, 4) is 0 Å². The summed E-state index contributed by atoms with van der Waals surface area (Å²) < 4.78 is 0. The van der Waals surface area contributed by atoms with Gasteiger partial charge in [-0.3, -0.25) is 14.5 Å². The van der Waals surface area contributed by atoms with Crippen LogP contribution in [0, 0.1) is 0 Å². The number of amides is 2. The van der Waals surface area contributed by atoms with E-state index in [0.717, 1.165) is 13.1 Å². The lowest BCUT2D eigenvalue weighted by atomic mass is 10.2. The summed E-state index contributed by atoms with van der Waals surface area (Å²) in [6, 6.07) is 0.280. The van der Waals surface area contributed by atoms with Gasteiger partial charge in [-0.25, -0.2) is 4.98 Å². The molecule has 0 bridgehead atoms. The first-order valence-corrected chi connectivity index (χ1v) is 7.61. The summed E-state index contributed by atoms with van der Waals surface area (Å²) in [6.07, 6.45) is 0. The van der Waals surface area contributed by atoms with E-state index >= 15 is 0 Å². The second-order valence-electron chi connectivity index (χ2n) is 4.50. The number of likely N-dealkylation sites (N-methyl/N-ethyl adjacent to an activating group) is 1. The van der Waals surface area contributed by atoms with Crippen LogP contribution in [0.1, 0.15) is 38.2 Å². The first-order chi connectivity index (χ1) is 9.47. The average Bonchev–Trinajstić information content (AvgIpc) is 2.85. The summed E-state index contributed by atoms with van der Waals surface area (Å²) >= 11 is 1.24. The summed E-state index contributed by atoms with van der Waals surface area (Å²) in [5.41, 5.74) is 0.338. The molecule has 20 heavy (non-hydrogen) atoms. The monoisotopic (exact) mass is 298 g/mol. The number of carbonyl (C=O) groups is 2. The van der Waals surface area contributed by atoms with Gasteiger partial charge in [0.1, 0.15) is 5.69 Å². The lowest BCUT2D eigenvalue weighted by molar-refractivity contribution is -0.114. The molecule has 1 aromatic heterocycles. The Hall–Kier alpha value is -1.47. The Balaban J connectivity index is 2.50. The van der Waals surface area contributed by atoms with Crippen LogP contribution in [0.2, 0.25) is 0 Å². The van der Waals surface area contributed by atoms with Crippen molar-refractivity contribution in [2.45, 2.75) is 33.7 Å². The molecule has 1 rings (SSSR count). The molecule has 0 aliphatic heterocycles. The zero-order valence-corrected chi connectivity index (χ0v) is 13.2. The molecule has 7 heteroatoms. The second-order valence-corrected chi connectivity index (χ2v) is 5.36. The van der Waals surface area contributed by atoms with Crippen LogP contribution in [0.15, 0.2) is 5.38 Å². The van der Waals surface area contributed by atoms with Crippen LogP contribution in [0.4, 0.5) is 5.13 Å². The second kappa shape index (κ2) is 7.96. The van der Waals surface area contributed by atoms with Gasteiger partial charge < -0.3 is 10.6 Å². The normalized spacial score (nSPS) is 12.2. The van der Waals surface area contributed by atoms with Crippen molar-refractivity contribution in [2.75, 3.05) is 25.0 Å². The molecule has 0 radical (unpaired) electrons. The van der Waals surface area contributed by atoms with Crippen LogP contribution in [0.25, 0.3) is 0 Å². The topological polar surface area (TPSA) is 74.3 Å². The van der Waals surface area contributed by atoms with Crippen molar-refractivity contribution in [2.24, 2.45) is 0 Å². The quantitative estimate of drug-likeness (QED) is 0.801. The number of anilines is 1. The Morgan fingerprint density at radius 1 is 1.40 bits per heavy atom. The molecule has 2 N–H and O–H groups in total. The molecule has 1 atom stereocenters. The molecule has 1 heterocycles. The van der Waals surface area contributed by atoms with Gasteiger partial charge >= 0.3 is 0 Å². The van der Waals surface area contributed by atoms with E-state index in [4.69, 9.17) is 0 Å². The van der Waals surface area contributed by atoms with E-state index in [0.29, 0.717) is 17.4 Å². The number of hydrogen-bond acceptors (Lipinski definition) is 5. The largest absolute Gasteiger partial charge is 0.349 e. The average molecular weight is 298 g/mol. The Morgan fingerprint density at radius 2 is 2.05 bits per heavy atom. The van der Waals surface area contributed by atoms with Gasteiger partial charge in [0, 0.05) is 24.9 Å². The minimum absolute atomic E-state index is 0.193. The van der Waals surface area contributed by atoms with Gasteiger partial charge in [-0.2, -0.15) is 0 Å². The molecule has 1 aromatic rings. The predicted molar refractivity (Wildman–Crippen MR) is 81.1 cm³/mol. The number of carbonyl (C=O) groups excluding carboxylic acids is 2. The van der Waals surface area contributed by atoms with Gasteiger partial charge in [-0.1, -0.05) is 13.8 Å². The summed E-state index contributed by atoms with van der Waals surface area (Å²) in [5.74, 6) is -0.404. The Morgan fingerprint density at radius 3 is 2.60 bits per heavy atom. The molecule has 0 unspecified atom stereocenters. The molecule has 0 spiro atoms. The predicted octanol–water partition coefficient (Wildman–Crippen LogP) is 1.56. The van der Waals surface area contributed by atoms with Crippen molar-refractivity contribution in [1.82, 2.24) is 15.2 Å². The van der Waals surface area contributed by atoms with E-state index < -0.39 is 0 Å². The van der Waals surface area contributed by atoms with Crippen molar-refractivity contribution >= 4 is 28.3 Å². The first kappa shape index (κ1) is 16.6. The minimum Gasteiger partial charge on any atom is -0.349 e. The van der Waals surface area contributed by atoms with Gasteiger partial charge in [0.15, 0.2) is 5.13 Å². The summed E-state index contributed by atoms with van der Waals surface area (Å²) in [6.45, 7) is 10.2. The van der Waals surface area contributed by atoms with Gasteiger partial charge in [-0.05, 0) is 20.0 Å². The SMILES string of the molecule is CCN(CC)[C@@H](C)CNC(=O)c1csc(NC(C)=O)n1. The number of aromatic nitrogens is 1.